The highest BCUT2D eigenvalue weighted by Gasteiger charge is 2.35. The number of anilines is 1. The number of aliphatic hydroxyl groups excluding tert-OH is 1. The number of carbonyl (C=O) groups excluding carboxylic acids is 2. The van der Waals surface area contributed by atoms with Crippen LogP contribution >= 0.6 is 11.8 Å². The van der Waals surface area contributed by atoms with Crippen LogP contribution < -0.4 is 5.32 Å². The highest BCUT2D eigenvalue weighted by molar-refractivity contribution is 8.14. The van der Waals surface area contributed by atoms with Crippen LogP contribution in [0.5, 0.6) is 0 Å². The number of non-ortho nitro benzene ring substituents is 1. The lowest BCUT2D eigenvalue weighted by Gasteiger charge is -2.19. The second kappa shape index (κ2) is 8.05. The molecule has 1 atom stereocenters. The number of fused-ring (bicyclic) bond motifs is 1. The van der Waals surface area contributed by atoms with Gasteiger partial charge < -0.3 is 10.4 Å². The summed E-state index contributed by atoms with van der Waals surface area (Å²) in [6, 6.07) is 5.57. The van der Waals surface area contributed by atoms with Gasteiger partial charge in [-0.15, -0.1) is 0 Å². The van der Waals surface area contributed by atoms with Crippen molar-refractivity contribution in [3.8, 4) is 0 Å². The predicted molar refractivity (Wildman–Crippen MR) is 99.8 cm³/mol. The fourth-order valence-electron chi connectivity index (χ4n) is 2.38. The van der Waals surface area contributed by atoms with Crippen LogP contribution in [0.1, 0.15) is 0 Å². The molecule has 0 fully saturated rings. The standard InChI is InChI=1S/C15H14N6O5S/c22-5-4-20-13-11(7-16-20)14(24)19-15(18-13)27-8-12(23)17-9-2-1-3-10(6-9)21(25)26/h1-3,6-7,11,22H,4-5,8H2,(H,17,23). The van der Waals surface area contributed by atoms with Gasteiger partial charge >= 0.3 is 0 Å². The Bertz CT molecular complexity index is 883. The zero-order chi connectivity index (χ0) is 19.4. The summed E-state index contributed by atoms with van der Waals surface area (Å²) in [7, 11) is 0. The third-order valence-electron chi connectivity index (χ3n) is 3.56. The molecule has 2 aliphatic rings. The first-order valence-corrected chi connectivity index (χ1v) is 8.77. The van der Waals surface area contributed by atoms with E-state index in [1.165, 1.54) is 35.5 Å². The molecule has 2 amide bonds. The Balaban J connectivity index is 1.60. The lowest BCUT2D eigenvalue weighted by atomic mass is 10.1. The topological polar surface area (TPSA) is 150 Å². The second-order valence-electron chi connectivity index (χ2n) is 5.44. The summed E-state index contributed by atoms with van der Waals surface area (Å²) in [5.74, 6) is -1.25. The fourth-order valence-corrected chi connectivity index (χ4v) is 3.02. The van der Waals surface area contributed by atoms with E-state index in [1.54, 1.807) is 0 Å². The number of nitrogens with zero attached hydrogens (tertiary/aromatic N) is 5. The zero-order valence-electron chi connectivity index (χ0n) is 13.8. The molecule has 0 spiro atoms. The number of rotatable bonds is 6. The number of amides is 2. The van der Waals surface area contributed by atoms with Crippen LogP contribution in [0.25, 0.3) is 0 Å². The minimum absolute atomic E-state index is 0.0862. The number of aliphatic hydroxyl groups is 1. The van der Waals surface area contributed by atoms with Crippen molar-refractivity contribution in [2.75, 3.05) is 24.2 Å². The molecule has 27 heavy (non-hydrogen) atoms. The largest absolute Gasteiger partial charge is 0.394 e. The molecule has 140 valence electrons. The van der Waals surface area contributed by atoms with E-state index in [9.17, 15) is 19.7 Å². The van der Waals surface area contributed by atoms with Crippen molar-refractivity contribution in [3.63, 3.8) is 0 Å². The van der Waals surface area contributed by atoms with E-state index in [2.05, 4.69) is 20.4 Å². The molecule has 2 N–H and O–H groups in total. The number of nitro benzene ring substituents is 1. The van der Waals surface area contributed by atoms with Crippen LogP contribution in [-0.4, -0.2) is 63.0 Å². The molecule has 0 bridgehead atoms. The minimum atomic E-state index is -0.667. The van der Waals surface area contributed by atoms with Gasteiger partial charge in [-0.3, -0.25) is 19.7 Å². The van der Waals surface area contributed by atoms with Crippen LogP contribution in [-0.2, 0) is 9.59 Å². The summed E-state index contributed by atoms with van der Waals surface area (Å²) >= 11 is 0.959. The molecule has 1 aromatic carbocycles. The van der Waals surface area contributed by atoms with Crippen molar-refractivity contribution in [2.24, 2.45) is 21.0 Å². The molecule has 0 saturated carbocycles. The Morgan fingerprint density at radius 3 is 2.96 bits per heavy atom. The second-order valence-corrected chi connectivity index (χ2v) is 6.38. The summed E-state index contributed by atoms with van der Waals surface area (Å²) in [5.41, 5.74) is 0.159. The van der Waals surface area contributed by atoms with Gasteiger partial charge in [-0.1, -0.05) is 17.8 Å². The fraction of sp³-hybridized carbons (Fsp3) is 0.267. The van der Waals surface area contributed by atoms with E-state index >= 15 is 0 Å². The lowest BCUT2D eigenvalue weighted by molar-refractivity contribution is -0.384. The molecule has 12 heteroatoms. The number of nitrogens with one attached hydrogen (secondary N) is 1. The molecule has 11 nitrogen and oxygen atoms in total. The average molecular weight is 390 g/mol. The van der Waals surface area contributed by atoms with Crippen LogP contribution in [0.4, 0.5) is 11.4 Å². The van der Waals surface area contributed by atoms with Gasteiger partial charge in [0.05, 0.1) is 23.8 Å². The van der Waals surface area contributed by atoms with Crippen molar-refractivity contribution < 1.29 is 19.6 Å². The van der Waals surface area contributed by atoms with E-state index in [1.807, 2.05) is 0 Å². The first-order valence-electron chi connectivity index (χ1n) is 7.78. The van der Waals surface area contributed by atoms with Crippen molar-refractivity contribution in [3.05, 3.63) is 34.4 Å². The van der Waals surface area contributed by atoms with E-state index < -0.39 is 22.7 Å². The van der Waals surface area contributed by atoms with Crippen LogP contribution in [0, 0.1) is 16.0 Å². The number of hydrazone groups is 1. The maximum Gasteiger partial charge on any atom is 0.271 e. The Kier molecular flexibility index (Phi) is 5.57. The van der Waals surface area contributed by atoms with Crippen LogP contribution in [0.3, 0.4) is 0 Å². The minimum Gasteiger partial charge on any atom is -0.394 e. The molecule has 3 rings (SSSR count). The molecule has 0 aromatic heterocycles. The van der Waals surface area contributed by atoms with Gasteiger partial charge in [-0.25, -0.2) is 10.0 Å². The van der Waals surface area contributed by atoms with Gasteiger partial charge in [0.25, 0.3) is 11.6 Å². The number of hydrogen-bond acceptors (Lipinski definition) is 9. The van der Waals surface area contributed by atoms with Gasteiger partial charge in [0.2, 0.25) is 5.91 Å². The average Bonchev–Trinajstić information content (AvgIpc) is 3.04. The highest BCUT2D eigenvalue weighted by atomic mass is 32.2. The van der Waals surface area contributed by atoms with E-state index in [4.69, 9.17) is 5.11 Å². The summed E-state index contributed by atoms with van der Waals surface area (Å²) in [5, 5.41) is 27.9. The van der Waals surface area contributed by atoms with Gasteiger partial charge in [0.15, 0.2) is 5.17 Å². The van der Waals surface area contributed by atoms with Crippen molar-refractivity contribution >= 4 is 52.2 Å². The number of nitro groups is 1. The van der Waals surface area contributed by atoms with Crippen LogP contribution in [0.15, 0.2) is 39.4 Å². The molecular formula is C15H14N6O5S. The first kappa shape index (κ1) is 18.7. The van der Waals surface area contributed by atoms with Crippen molar-refractivity contribution in [2.45, 2.75) is 0 Å². The molecule has 1 unspecified atom stereocenters. The van der Waals surface area contributed by atoms with Gasteiger partial charge in [-0.05, 0) is 6.07 Å². The highest BCUT2D eigenvalue weighted by Crippen LogP contribution is 2.22. The molecule has 0 saturated heterocycles. The van der Waals surface area contributed by atoms with E-state index in [0.717, 1.165) is 11.8 Å². The Morgan fingerprint density at radius 2 is 2.22 bits per heavy atom. The summed E-state index contributed by atoms with van der Waals surface area (Å²) in [6.07, 6.45) is 1.41. The Morgan fingerprint density at radius 1 is 1.41 bits per heavy atom. The molecule has 0 radical (unpaired) electrons. The van der Waals surface area contributed by atoms with Crippen molar-refractivity contribution in [1.29, 1.82) is 0 Å². The normalized spacial score (nSPS) is 18.0. The number of carbonyl (C=O) groups is 2. The zero-order valence-corrected chi connectivity index (χ0v) is 14.6. The van der Waals surface area contributed by atoms with Gasteiger partial charge in [0, 0.05) is 24.0 Å². The number of benzene rings is 1. The maximum atomic E-state index is 12.1. The van der Waals surface area contributed by atoms with E-state index in [-0.39, 0.29) is 29.8 Å². The molecule has 1 aromatic rings. The van der Waals surface area contributed by atoms with Crippen LogP contribution in [0.2, 0.25) is 0 Å². The Hall–Kier alpha value is -3.12. The number of hydrogen-bond donors (Lipinski definition) is 2. The van der Waals surface area contributed by atoms with Gasteiger partial charge in [-0.2, -0.15) is 10.1 Å². The molecule has 2 heterocycles. The van der Waals surface area contributed by atoms with Gasteiger partial charge in [0.1, 0.15) is 11.8 Å². The van der Waals surface area contributed by atoms with E-state index in [0.29, 0.717) is 11.5 Å². The predicted octanol–water partition coefficient (Wildman–Crippen LogP) is 0.471. The quantitative estimate of drug-likeness (QED) is 0.529. The molecular weight excluding hydrogens is 376 g/mol. The Labute approximate surface area is 157 Å². The number of β-amino-alcohol motifs (C(OH)–C–C–N with tert-alkyl or cyclic N) is 1. The third-order valence-corrected chi connectivity index (χ3v) is 4.41. The number of amidine groups is 2. The summed E-state index contributed by atoms with van der Waals surface area (Å²) < 4.78 is 0. The maximum absolute atomic E-state index is 12.1. The molecule has 2 aliphatic heterocycles. The monoisotopic (exact) mass is 390 g/mol. The summed E-state index contributed by atoms with van der Waals surface area (Å²) in [4.78, 5) is 42.4. The summed E-state index contributed by atoms with van der Waals surface area (Å²) in [6.45, 7) is 0.0485. The van der Waals surface area contributed by atoms with Crippen molar-refractivity contribution in [1.82, 2.24) is 5.01 Å². The number of thioether (sulfide) groups is 1. The molecule has 0 aliphatic carbocycles. The SMILES string of the molecule is O=C(CSC1=NC(=O)C2C=NN(CCO)C2=N1)Nc1cccc([N+](=O)[O-])c1. The number of aliphatic imine (C=N–C) groups is 2. The first-order chi connectivity index (χ1) is 13.0. The smallest absolute Gasteiger partial charge is 0.271 e. The third kappa shape index (κ3) is 4.35. The lowest BCUT2D eigenvalue weighted by Crippen LogP contribution is -2.35.